The molecular weight excluding hydrogens is 424 g/mol. The van der Waals surface area contributed by atoms with E-state index in [0.717, 1.165) is 38.5 Å². The first kappa shape index (κ1) is 26.6. The molecule has 0 aromatic rings. The molecule has 4 heteroatoms. The molecule has 0 spiro atoms. The van der Waals surface area contributed by atoms with E-state index in [1.807, 2.05) is 7.11 Å². The second-order valence-corrected chi connectivity index (χ2v) is 13.8. The molecule has 4 nitrogen and oxygen atoms in total. The average Bonchev–Trinajstić information content (AvgIpc) is 3.08. The summed E-state index contributed by atoms with van der Waals surface area (Å²) in [6.45, 7) is 16.5. The number of aliphatic hydroxyl groups is 3. The third kappa shape index (κ3) is 3.85. The van der Waals surface area contributed by atoms with Gasteiger partial charge in [0.15, 0.2) is 0 Å². The van der Waals surface area contributed by atoms with Gasteiger partial charge in [-0.15, -0.1) is 0 Å². The summed E-state index contributed by atoms with van der Waals surface area (Å²) in [7, 11) is 1.87. The summed E-state index contributed by atoms with van der Waals surface area (Å²) in [6, 6.07) is 0. The lowest BCUT2D eigenvalue weighted by molar-refractivity contribution is -0.262. The molecule has 0 amide bonds. The first-order valence-corrected chi connectivity index (χ1v) is 14.1. The maximum absolute atomic E-state index is 11.7. The molecule has 4 saturated carbocycles. The van der Waals surface area contributed by atoms with Crippen molar-refractivity contribution >= 4 is 0 Å². The van der Waals surface area contributed by atoms with Crippen molar-refractivity contribution in [3.05, 3.63) is 11.1 Å². The maximum Gasteiger partial charge on any atom is 0.0985 e. The van der Waals surface area contributed by atoms with Gasteiger partial charge in [-0.2, -0.15) is 0 Å². The van der Waals surface area contributed by atoms with E-state index < -0.39 is 17.8 Å². The van der Waals surface area contributed by atoms with Crippen LogP contribution in [-0.2, 0) is 4.74 Å². The Morgan fingerprint density at radius 1 is 1.03 bits per heavy atom. The average molecular weight is 477 g/mol. The van der Waals surface area contributed by atoms with Crippen molar-refractivity contribution in [1.29, 1.82) is 0 Å². The van der Waals surface area contributed by atoms with E-state index in [1.165, 1.54) is 5.57 Å². The number of ether oxygens (including phenoxy) is 1. The zero-order valence-corrected chi connectivity index (χ0v) is 23.1. The Balaban J connectivity index is 1.67. The van der Waals surface area contributed by atoms with Crippen LogP contribution in [0.15, 0.2) is 11.1 Å². The highest BCUT2D eigenvalue weighted by Gasteiger charge is 2.67. The molecule has 34 heavy (non-hydrogen) atoms. The van der Waals surface area contributed by atoms with Gasteiger partial charge >= 0.3 is 0 Å². The number of fused-ring (bicyclic) bond motifs is 5. The second-order valence-electron chi connectivity index (χ2n) is 13.8. The third-order valence-corrected chi connectivity index (χ3v) is 12.0. The summed E-state index contributed by atoms with van der Waals surface area (Å²) in [5.41, 5.74) is 1.67. The lowest BCUT2D eigenvalue weighted by Gasteiger charge is -2.65. The summed E-state index contributed by atoms with van der Waals surface area (Å²) >= 11 is 0. The van der Waals surface area contributed by atoms with E-state index >= 15 is 0 Å². The Labute approximate surface area is 208 Å². The van der Waals surface area contributed by atoms with Gasteiger partial charge in [0.1, 0.15) is 0 Å². The number of allylic oxidation sites excluding steroid dienone is 1. The molecular formula is C30H52O4. The second kappa shape index (κ2) is 9.15. The van der Waals surface area contributed by atoms with Crippen LogP contribution in [0.25, 0.3) is 0 Å². The molecule has 3 N–H and O–H groups in total. The van der Waals surface area contributed by atoms with Gasteiger partial charge in [0.25, 0.3) is 0 Å². The Morgan fingerprint density at radius 3 is 2.32 bits per heavy atom. The molecule has 4 aliphatic rings. The third-order valence-electron chi connectivity index (χ3n) is 12.0. The van der Waals surface area contributed by atoms with Crippen LogP contribution in [0, 0.1) is 46.3 Å². The summed E-state index contributed by atoms with van der Waals surface area (Å²) in [4.78, 5) is 0. The predicted octanol–water partition coefficient (Wildman–Crippen LogP) is 5.74. The standard InChI is InChI=1S/C30H52O4/c1-17(2)20(5)18(3)13-19(4)27-25(34-8)15-24-22-14-26(32)30(33)16-21(31)9-12-29(30,7)23(22)10-11-28(24,27)6/h17-18,20-26,31-33H,9-16H2,1-8H3/b27-19+/t18-,20-,21+,22-,23+,24+,25-,26-,28+,29-,30+/m1/s1. The van der Waals surface area contributed by atoms with Gasteiger partial charge in [0.2, 0.25) is 0 Å². The molecule has 0 bridgehead atoms. The highest BCUT2D eigenvalue weighted by molar-refractivity contribution is 5.33. The van der Waals surface area contributed by atoms with Gasteiger partial charge in [0, 0.05) is 18.9 Å². The van der Waals surface area contributed by atoms with Crippen LogP contribution in [0.2, 0.25) is 0 Å². The van der Waals surface area contributed by atoms with Gasteiger partial charge in [-0.1, -0.05) is 47.1 Å². The number of hydrogen-bond acceptors (Lipinski definition) is 4. The Bertz CT molecular complexity index is 791. The zero-order valence-electron chi connectivity index (χ0n) is 23.1. The van der Waals surface area contributed by atoms with Crippen LogP contribution in [0.1, 0.15) is 99.8 Å². The van der Waals surface area contributed by atoms with Crippen LogP contribution < -0.4 is 0 Å². The number of methoxy groups -OCH3 is 1. The van der Waals surface area contributed by atoms with Crippen LogP contribution in [0.3, 0.4) is 0 Å². The minimum Gasteiger partial charge on any atom is -0.393 e. The molecule has 11 atom stereocenters. The topological polar surface area (TPSA) is 69.9 Å². The fourth-order valence-corrected chi connectivity index (χ4v) is 9.48. The largest absolute Gasteiger partial charge is 0.393 e. The van der Waals surface area contributed by atoms with E-state index in [0.29, 0.717) is 48.3 Å². The highest BCUT2D eigenvalue weighted by Crippen LogP contribution is 2.69. The first-order valence-electron chi connectivity index (χ1n) is 14.1. The maximum atomic E-state index is 11.7. The molecule has 0 aromatic carbocycles. The number of hydrogen-bond donors (Lipinski definition) is 3. The fourth-order valence-electron chi connectivity index (χ4n) is 9.48. The van der Waals surface area contributed by atoms with E-state index in [9.17, 15) is 15.3 Å². The van der Waals surface area contributed by atoms with Crippen LogP contribution in [-0.4, -0.2) is 46.3 Å². The molecule has 4 fully saturated rings. The van der Waals surface area contributed by atoms with Crippen molar-refractivity contribution in [2.24, 2.45) is 46.3 Å². The van der Waals surface area contributed by atoms with E-state index in [4.69, 9.17) is 4.74 Å². The van der Waals surface area contributed by atoms with E-state index in [1.54, 1.807) is 5.57 Å². The molecule has 4 aliphatic carbocycles. The van der Waals surface area contributed by atoms with Crippen LogP contribution in [0.4, 0.5) is 0 Å². The number of rotatable bonds is 5. The quantitative estimate of drug-likeness (QED) is 0.443. The number of aliphatic hydroxyl groups excluding tert-OH is 2. The van der Waals surface area contributed by atoms with E-state index in [-0.39, 0.29) is 16.9 Å². The highest BCUT2D eigenvalue weighted by atomic mass is 16.5. The van der Waals surface area contributed by atoms with Gasteiger partial charge in [0.05, 0.1) is 23.9 Å². The molecule has 0 unspecified atom stereocenters. The van der Waals surface area contributed by atoms with Gasteiger partial charge < -0.3 is 20.1 Å². The minimum atomic E-state index is -1.17. The predicted molar refractivity (Wildman–Crippen MR) is 137 cm³/mol. The Morgan fingerprint density at radius 2 is 1.71 bits per heavy atom. The SMILES string of the molecule is CO[C@@H]1C[C@H]2[C@@H]3C[C@@H](O)[C@@]4(O)C[C@@H](O)CC[C@]4(C)[C@H]3CC[C@]2(C)/C1=C(\C)C[C@@H](C)[C@H](C)C(C)C. The molecule has 4 rings (SSSR count). The van der Waals surface area contributed by atoms with Gasteiger partial charge in [-0.05, 0) is 98.4 Å². The fraction of sp³-hybridized carbons (Fsp3) is 0.933. The van der Waals surface area contributed by atoms with Crippen molar-refractivity contribution < 1.29 is 20.1 Å². The smallest absolute Gasteiger partial charge is 0.0985 e. The van der Waals surface area contributed by atoms with Crippen molar-refractivity contribution in [2.75, 3.05) is 7.11 Å². The molecule has 0 heterocycles. The van der Waals surface area contributed by atoms with Crippen molar-refractivity contribution in [1.82, 2.24) is 0 Å². The molecule has 0 radical (unpaired) electrons. The van der Waals surface area contributed by atoms with Crippen LogP contribution in [0.5, 0.6) is 0 Å². The molecule has 0 saturated heterocycles. The minimum absolute atomic E-state index is 0.104. The van der Waals surface area contributed by atoms with Crippen molar-refractivity contribution in [3.8, 4) is 0 Å². The molecule has 196 valence electrons. The first-order chi connectivity index (χ1) is 15.8. The molecule has 0 aliphatic heterocycles. The summed E-state index contributed by atoms with van der Waals surface area (Å²) < 4.78 is 6.16. The molecule has 0 aromatic heterocycles. The normalized spacial score (nSPS) is 49.8. The summed E-state index contributed by atoms with van der Waals surface area (Å²) in [6.07, 6.45) is 5.75. The van der Waals surface area contributed by atoms with Gasteiger partial charge in [-0.25, -0.2) is 0 Å². The summed E-state index contributed by atoms with van der Waals surface area (Å²) in [5.74, 6) is 3.27. The summed E-state index contributed by atoms with van der Waals surface area (Å²) in [5, 5.41) is 33.4. The lowest BCUT2D eigenvalue weighted by Crippen LogP contribution is -2.68. The zero-order chi connectivity index (χ0) is 25.2. The Kier molecular flexibility index (Phi) is 7.17. The van der Waals surface area contributed by atoms with Gasteiger partial charge in [-0.3, -0.25) is 0 Å². The van der Waals surface area contributed by atoms with E-state index in [2.05, 4.69) is 48.5 Å². The lowest BCUT2D eigenvalue weighted by atomic mass is 9.42. The van der Waals surface area contributed by atoms with Crippen molar-refractivity contribution in [3.63, 3.8) is 0 Å². The Hall–Kier alpha value is -0.420. The monoisotopic (exact) mass is 476 g/mol. The van der Waals surface area contributed by atoms with Crippen molar-refractivity contribution in [2.45, 2.75) is 124 Å². The van der Waals surface area contributed by atoms with Crippen LogP contribution >= 0.6 is 0 Å².